The Kier molecular flexibility index (Phi) is 5.64. The molecule has 0 aromatic heterocycles. The monoisotopic (exact) mass is 471 g/mol. The summed E-state index contributed by atoms with van der Waals surface area (Å²) in [6.45, 7) is 2.94. The Morgan fingerprint density at radius 1 is 1.33 bits per heavy atom. The summed E-state index contributed by atoms with van der Waals surface area (Å²) >= 11 is -2.38. The fraction of sp³-hybridized carbons (Fsp3) is 0.591. The van der Waals surface area contributed by atoms with E-state index in [1.807, 2.05) is 28.9 Å². The first-order valence-electron chi connectivity index (χ1n) is 11.3. The summed E-state index contributed by atoms with van der Waals surface area (Å²) < 4.78 is 23.9. The molecule has 2 bridgehead atoms. The van der Waals surface area contributed by atoms with Crippen LogP contribution in [0.2, 0.25) is 0 Å². The van der Waals surface area contributed by atoms with Gasteiger partial charge in [0.15, 0.2) is 0 Å². The smallest absolute Gasteiger partial charge is 0.242 e. The van der Waals surface area contributed by atoms with E-state index in [1.165, 1.54) is 0 Å². The molecule has 5 rings (SSSR count). The molecule has 1 aliphatic carbocycles. The van der Waals surface area contributed by atoms with Gasteiger partial charge >= 0.3 is 0 Å². The number of piperazine rings is 1. The summed E-state index contributed by atoms with van der Waals surface area (Å²) in [5.74, 6) is 0.289. The Morgan fingerprint density at radius 2 is 2.06 bits per heavy atom. The van der Waals surface area contributed by atoms with Gasteiger partial charge in [0.05, 0.1) is 24.2 Å². The van der Waals surface area contributed by atoms with E-state index in [0.29, 0.717) is 31.1 Å². The average Bonchev–Trinajstić information content (AvgIpc) is 3.12. The second kappa shape index (κ2) is 8.36. The van der Waals surface area contributed by atoms with Crippen molar-refractivity contribution in [3.05, 3.63) is 29.8 Å². The molecule has 0 spiro atoms. The van der Waals surface area contributed by atoms with Crippen molar-refractivity contribution in [2.75, 3.05) is 17.8 Å². The van der Waals surface area contributed by atoms with Crippen molar-refractivity contribution >= 4 is 28.8 Å². The number of nitrogens with one attached hydrogen (secondary N) is 1. The highest BCUT2D eigenvalue weighted by molar-refractivity contribution is 7.80. The summed E-state index contributed by atoms with van der Waals surface area (Å²) in [4.78, 5) is 31.7. The van der Waals surface area contributed by atoms with Crippen LogP contribution in [0.1, 0.15) is 37.8 Å². The highest BCUT2D eigenvalue weighted by atomic mass is 32.2. The molecule has 33 heavy (non-hydrogen) atoms. The maximum atomic E-state index is 13.2. The molecule has 3 saturated heterocycles. The van der Waals surface area contributed by atoms with Crippen LogP contribution in [-0.2, 0) is 20.9 Å². The zero-order chi connectivity index (χ0) is 23.4. The minimum Gasteiger partial charge on any atom is -0.755 e. The lowest BCUT2D eigenvalue weighted by Gasteiger charge is -2.38. The lowest BCUT2D eigenvalue weighted by atomic mass is 10.0. The molecule has 1 aromatic rings. The van der Waals surface area contributed by atoms with Crippen LogP contribution in [0.4, 0.5) is 5.69 Å². The molecular formula is C22H27N6O4S-. The number of carbonyl (C=O) groups excluding carboxylic acids is 2. The molecule has 2 unspecified atom stereocenters. The van der Waals surface area contributed by atoms with Gasteiger partial charge in [-0.25, -0.2) is 0 Å². The fourth-order valence-electron chi connectivity index (χ4n) is 5.90. The van der Waals surface area contributed by atoms with Crippen molar-refractivity contribution in [3.63, 3.8) is 0 Å². The van der Waals surface area contributed by atoms with Gasteiger partial charge in [-0.05, 0) is 49.8 Å². The van der Waals surface area contributed by atoms with Crippen molar-refractivity contribution in [2.45, 2.75) is 62.4 Å². The Labute approximate surface area is 195 Å². The van der Waals surface area contributed by atoms with Gasteiger partial charge in [-0.2, -0.15) is 5.26 Å². The van der Waals surface area contributed by atoms with E-state index in [0.717, 1.165) is 18.4 Å². The summed E-state index contributed by atoms with van der Waals surface area (Å²) in [5, 5.41) is 9.36. The van der Waals surface area contributed by atoms with Gasteiger partial charge in [0, 0.05) is 42.1 Å². The van der Waals surface area contributed by atoms with E-state index < -0.39 is 17.3 Å². The molecule has 176 valence electrons. The van der Waals surface area contributed by atoms with Crippen molar-refractivity contribution in [1.29, 1.82) is 5.26 Å². The number of benzene rings is 1. The Bertz CT molecular complexity index is 1030. The molecule has 4 aliphatic rings. The zero-order valence-electron chi connectivity index (χ0n) is 18.3. The molecule has 10 nitrogen and oxygen atoms in total. The number of rotatable bonds is 7. The molecule has 3 aliphatic heterocycles. The number of nitrogens with two attached hydrogens (primary N) is 1. The predicted octanol–water partition coefficient (Wildman–Crippen LogP) is 0.0790. The van der Waals surface area contributed by atoms with Crippen LogP contribution in [0.15, 0.2) is 24.3 Å². The Morgan fingerprint density at radius 3 is 2.70 bits per heavy atom. The lowest BCUT2D eigenvalue weighted by Crippen LogP contribution is -2.57. The molecule has 1 saturated carbocycles. The number of fused-ring (bicyclic) bond motifs is 3. The first-order chi connectivity index (χ1) is 15.8. The standard InChI is InChI=1S/C22H28N6O4S/c1-12(13-2-4-15(5-3-13)25-33(31)32)27-17-8-20(22(27)30)26(10-17)11-18(24)21(29)28-16(9-23)6-14-7-19(14)28/h2-5,12,14,16-20,25H,6-8,10-11,24H2,1H3,(H,31,32)/p-1/t12-,14?,16+,17+,18+,19+,20+/m1/s1. The normalized spacial score (nSPS) is 32.9. The van der Waals surface area contributed by atoms with Crippen molar-refractivity contribution < 1.29 is 18.4 Å². The second-order valence-corrected chi connectivity index (χ2v) is 10.2. The number of amides is 2. The third-order valence-electron chi connectivity index (χ3n) is 7.58. The molecule has 4 fully saturated rings. The van der Waals surface area contributed by atoms with Crippen LogP contribution >= 0.6 is 0 Å². The molecule has 1 aromatic carbocycles. The zero-order valence-corrected chi connectivity index (χ0v) is 19.1. The quantitative estimate of drug-likeness (QED) is 0.536. The average molecular weight is 472 g/mol. The van der Waals surface area contributed by atoms with Crippen LogP contribution in [-0.4, -0.2) is 78.6 Å². The first-order valence-corrected chi connectivity index (χ1v) is 12.4. The highest BCUT2D eigenvalue weighted by Crippen LogP contribution is 2.48. The minimum atomic E-state index is -2.38. The van der Waals surface area contributed by atoms with Crippen LogP contribution in [0.3, 0.4) is 0 Å². The molecule has 2 amide bonds. The molecule has 3 N–H and O–H groups in total. The minimum absolute atomic E-state index is 0.0274. The second-order valence-electron chi connectivity index (χ2n) is 9.54. The van der Waals surface area contributed by atoms with E-state index in [2.05, 4.69) is 10.8 Å². The first kappa shape index (κ1) is 22.3. The number of hydrogen-bond donors (Lipinski definition) is 2. The maximum absolute atomic E-state index is 13.2. The van der Waals surface area contributed by atoms with Gasteiger partial charge in [0.25, 0.3) is 0 Å². The van der Waals surface area contributed by atoms with E-state index in [-0.39, 0.29) is 42.0 Å². The SMILES string of the molecule is C[C@H](c1ccc(NS(=O)[O-])cc1)N1C(=O)[C@@H]2C[C@H]1CN2C[C@H](N)C(=O)N1[C@H](C#N)CC2C[C@@H]21. The van der Waals surface area contributed by atoms with Gasteiger partial charge in [0.2, 0.25) is 11.8 Å². The number of piperidine rings is 1. The maximum Gasteiger partial charge on any atom is 0.242 e. The summed E-state index contributed by atoms with van der Waals surface area (Å²) in [5.41, 5.74) is 7.66. The van der Waals surface area contributed by atoms with E-state index in [4.69, 9.17) is 5.73 Å². The van der Waals surface area contributed by atoms with Crippen LogP contribution in [0, 0.1) is 17.2 Å². The lowest BCUT2D eigenvalue weighted by molar-refractivity contribution is -0.141. The highest BCUT2D eigenvalue weighted by Gasteiger charge is 2.56. The molecule has 8 atom stereocenters. The third kappa shape index (κ3) is 3.91. The Hall–Kier alpha value is -2.52. The number of nitriles is 1. The van der Waals surface area contributed by atoms with Crippen LogP contribution < -0.4 is 10.5 Å². The summed E-state index contributed by atoms with van der Waals surface area (Å²) in [6.07, 6.45) is 2.40. The number of hydrogen-bond acceptors (Lipinski definition) is 7. The largest absolute Gasteiger partial charge is 0.755 e. The summed E-state index contributed by atoms with van der Waals surface area (Å²) in [6, 6.07) is 7.85. The van der Waals surface area contributed by atoms with E-state index in [9.17, 15) is 23.6 Å². The van der Waals surface area contributed by atoms with Crippen molar-refractivity contribution in [1.82, 2.24) is 14.7 Å². The Balaban J connectivity index is 1.21. The number of likely N-dealkylation sites (tertiary alicyclic amines) is 3. The van der Waals surface area contributed by atoms with Gasteiger partial charge in [-0.15, -0.1) is 0 Å². The van der Waals surface area contributed by atoms with Crippen molar-refractivity contribution in [2.24, 2.45) is 11.7 Å². The molecule has 11 heteroatoms. The van der Waals surface area contributed by atoms with Crippen LogP contribution in [0.5, 0.6) is 0 Å². The topological polar surface area (TPSA) is 146 Å². The fourth-order valence-corrected chi connectivity index (χ4v) is 6.22. The predicted molar refractivity (Wildman–Crippen MR) is 119 cm³/mol. The van der Waals surface area contributed by atoms with Gasteiger partial charge in [0.1, 0.15) is 6.04 Å². The molecule has 3 heterocycles. The van der Waals surface area contributed by atoms with Crippen molar-refractivity contribution in [3.8, 4) is 6.07 Å². The molecular weight excluding hydrogens is 444 g/mol. The van der Waals surface area contributed by atoms with Crippen LogP contribution in [0.25, 0.3) is 0 Å². The van der Waals surface area contributed by atoms with E-state index >= 15 is 0 Å². The number of anilines is 1. The van der Waals surface area contributed by atoms with Gasteiger partial charge in [-0.1, -0.05) is 12.1 Å². The number of nitrogens with zero attached hydrogens (tertiary/aromatic N) is 4. The summed E-state index contributed by atoms with van der Waals surface area (Å²) in [7, 11) is 0. The third-order valence-corrected chi connectivity index (χ3v) is 7.98. The van der Waals surface area contributed by atoms with Gasteiger partial charge < -0.3 is 24.8 Å². The van der Waals surface area contributed by atoms with Gasteiger partial charge in [-0.3, -0.25) is 18.7 Å². The molecule has 0 radical (unpaired) electrons. The van der Waals surface area contributed by atoms with E-state index in [1.54, 1.807) is 17.0 Å². The number of carbonyl (C=O) groups is 2.